The maximum absolute atomic E-state index is 12.7. The third kappa shape index (κ3) is 3.88. The maximum Gasteiger partial charge on any atom is 0.254 e. The number of para-hydroxylation sites is 1. The molecular formula is C20H24N2O2. The largest absolute Gasteiger partial charge is 0.493 e. The van der Waals surface area contributed by atoms with Crippen LogP contribution in [0, 0.1) is 12.8 Å². The first-order valence-electron chi connectivity index (χ1n) is 8.47. The predicted octanol–water partition coefficient (Wildman–Crippen LogP) is 3.51. The molecule has 2 N–H and O–H groups in total. The number of aryl methyl sites for hydroxylation is 1. The summed E-state index contributed by atoms with van der Waals surface area (Å²) in [5, 5.41) is 0. The molecule has 0 unspecified atom stereocenters. The summed E-state index contributed by atoms with van der Waals surface area (Å²) in [5.41, 5.74) is 8.15. The van der Waals surface area contributed by atoms with Crippen LogP contribution in [0.3, 0.4) is 0 Å². The summed E-state index contributed by atoms with van der Waals surface area (Å²) in [6, 6.07) is 15.4. The van der Waals surface area contributed by atoms with Crippen molar-refractivity contribution in [1.29, 1.82) is 0 Å². The molecule has 1 fully saturated rings. The number of carbonyl (C=O) groups excluding carboxylic acids is 1. The van der Waals surface area contributed by atoms with Gasteiger partial charge in [0.25, 0.3) is 5.91 Å². The van der Waals surface area contributed by atoms with Crippen molar-refractivity contribution in [2.45, 2.75) is 19.8 Å². The Kier molecular flexibility index (Phi) is 5.04. The van der Waals surface area contributed by atoms with E-state index in [1.807, 2.05) is 54.3 Å². The fraction of sp³-hybridized carbons (Fsp3) is 0.350. The fourth-order valence-corrected chi connectivity index (χ4v) is 3.07. The van der Waals surface area contributed by atoms with Crippen molar-refractivity contribution in [1.82, 2.24) is 4.90 Å². The molecule has 4 nitrogen and oxygen atoms in total. The van der Waals surface area contributed by atoms with Gasteiger partial charge in [0, 0.05) is 24.3 Å². The Morgan fingerprint density at radius 2 is 1.88 bits per heavy atom. The van der Waals surface area contributed by atoms with Crippen LogP contribution in [0.5, 0.6) is 5.75 Å². The summed E-state index contributed by atoms with van der Waals surface area (Å²) < 4.78 is 5.84. The average molecular weight is 324 g/mol. The molecule has 0 aromatic heterocycles. The lowest BCUT2D eigenvalue weighted by molar-refractivity contribution is 0.0660. The Hall–Kier alpha value is -2.49. The van der Waals surface area contributed by atoms with Crippen molar-refractivity contribution in [2.75, 3.05) is 25.4 Å². The number of benzene rings is 2. The third-order valence-corrected chi connectivity index (χ3v) is 4.62. The van der Waals surface area contributed by atoms with Crippen molar-refractivity contribution in [2.24, 2.45) is 5.92 Å². The molecule has 1 saturated heterocycles. The number of nitrogens with two attached hydrogens (primary N) is 1. The number of amides is 1. The van der Waals surface area contributed by atoms with Gasteiger partial charge in [-0.15, -0.1) is 0 Å². The lowest BCUT2D eigenvalue weighted by Gasteiger charge is -2.32. The molecule has 0 atom stereocenters. The summed E-state index contributed by atoms with van der Waals surface area (Å²) in [6.07, 6.45) is 1.94. The molecule has 3 rings (SSSR count). The van der Waals surface area contributed by atoms with Gasteiger partial charge in [-0.25, -0.2) is 0 Å². The number of nitrogens with zero attached hydrogens (tertiary/aromatic N) is 1. The van der Waals surface area contributed by atoms with Gasteiger partial charge in [-0.3, -0.25) is 4.79 Å². The molecule has 2 aromatic rings. The van der Waals surface area contributed by atoms with E-state index in [2.05, 4.69) is 0 Å². The van der Waals surface area contributed by atoms with Crippen LogP contribution >= 0.6 is 0 Å². The number of nitrogen functional groups attached to an aromatic ring is 1. The molecule has 126 valence electrons. The van der Waals surface area contributed by atoms with Gasteiger partial charge in [0.1, 0.15) is 5.75 Å². The van der Waals surface area contributed by atoms with E-state index < -0.39 is 0 Å². The molecule has 0 saturated carbocycles. The van der Waals surface area contributed by atoms with Crippen LogP contribution in [0.15, 0.2) is 48.5 Å². The Bertz CT molecular complexity index is 692. The highest BCUT2D eigenvalue weighted by Crippen LogP contribution is 2.22. The highest BCUT2D eigenvalue weighted by Gasteiger charge is 2.25. The molecule has 1 amide bonds. The molecule has 0 bridgehead atoms. The van der Waals surface area contributed by atoms with Gasteiger partial charge in [0.15, 0.2) is 0 Å². The zero-order valence-corrected chi connectivity index (χ0v) is 14.1. The summed E-state index contributed by atoms with van der Waals surface area (Å²) in [4.78, 5) is 14.6. The van der Waals surface area contributed by atoms with Crippen LogP contribution in [-0.2, 0) is 0 Å². The first-order chi connectivity index (χ1) is 11.6. The van der Waals surface area contributed by atoms with Gasteiger partial charge >= 0.3 is 0 Å². The van der Waals surface area contributed by atoms with Crippen molar-refractivity contribution >= 4 is 11.6 Å². The number of rotatable bonds is 4. The molecule has 0 spiro atoms. The second-order valence-electron chi connectivity index (χ2n) is 6.43. The fourth-order valence-electron chi connectivity index (χ4n) is 3.07. The topological polar surface area (TPSA) is 55.6 Å². The molecule has 2 aromatic carbocycles. The van der Waals surface area contributed by atoms with Crippen LogP contribution < -0.4 is 10.5 Å². The Morgan fingerprint density at radius 1 is 1.17 bits per heavy atom. The molecular weight excluding hydrogens is 300 g/mol. The SMILES string of the molecule is Cc1ccc(N)cc1C(=O)N1CCC(COc2ccccc2)CC1. The first kappa shape index (κ1) is 16.4. The zero-order valence-electron chi connectivity index (χ0n) is 14.1. The Labute approximate surface area is 143 Å². The Balaban J connectivity index is 1.53. The monoisotopic (exact) mass is 324 g/mol. The highest BCUT2D eigenvalue weighted by molar-refractivity contribution is 5.96. The van der Waals surface area contributed by atoms with Crippen LogP contribution in [0.25, 0.3) is 0 Å². The van der Waals surface area contributed by atoms with Gasteiger partial charge in [-0.05, 0) is 55.5 Å². The predicted molar refractivity (Wildman–Crippen MR) is 96.2 cm³/mol. The number of hydrogen-bond acceptors (Lipinski definition) is 3. The van der Waals surface area contributed by atoms with Crippen LogP contribution in [0.2, 0.25) is 0 Å². The van der Waals surface area contributed by atoms with Crippen LogP contribution in [0.1, 0.15) is 28.8 Å². The summed E-state index contributed by atoms with van der Waals surface area (Å²) in [7, 11) is 0. The molecule has 1 heterocycles. The molecule has 4 heteroatoms. The van der Waals surface area contributed by atoms with Crippen molar-refractivity contribution < 1.29 is 9.53 Å². The van der Waals surface area contributed by atoms with Gasteiger partial charge in [-0.1, -0.05) is 24.3 Å². The minimum atomic E-state index is 0.0854. The number of piperidine rings is 1. The lowest BCUT2D eigenvalue weighted by atomic mass is 9.96. The van der Waals surface area contributed by atoms with E-state index in [0.717, 1.165) is 37.2 Å². The molecule has 0 radical (unpaired) electrons. The van der Waals surface area contributed by atoms with E-state index in [9.17, 15) is 4.79 Å². The van der Waals surface area contributed by atoms with Gasteiger partial charge in [-0.2, -0.15) is 0 Å². The van der Waals surface area contributed by atoms with E-state index in [0.29, 0.717) is 23.8 Å². The Morgan fingerprint density at radius 3 is 2.58 bits per heavy atom. The van der Waals surface area contributed by atoms with Crippen LogP contribution in [0.4, 0.5) is 5.69 Å². The zero-order chi connectivity index (χ0) is 16.9. The molecule has 1 aliphatic rings. The van der Waals surface area contributed by atoms with Crippen molar-refractivity contribution in [3.05, 3.63) is 59.7 Å². The van der Waals surface area contributed by atoms with Crippen LogP contribution in [-0.4, -0.2) is 30.5 Å². The lowest BCUT2D eigenvalue weighted by Crippen LogP contribution is -2.40. The minimum absolute atomic E-state index is 0.0854. The van der Waals surface area contributed by atoms with E-state index in [-0.39, 0.29) is 5.91 Å². The third-order valence-electron chi connectivity index (χ3n) is 4.62. The normalized spacial score (nSPS) is 15.3. The molecule has 0 aliphatic carbocycles. The summed E-state index contributed by atoms with van der Waals surface area (Å²) >= 11 is 0. The minimum Gasteiger partial charge on any atom is -0.493 e. The van der Waals surface area contributed by atoms with Gasteiger partial charge in [0.2, 0.25) is 0 Å². The van der Waals surface area contributed by atoms with Gasteiger partial charge in [0.05, 0.1) is 6.61 Å². The number of hydrogen-bond donors (Lipinski definition) is 1. The summed E-state index contributed by atoms with van der Waals surface area (Å²) in [5.74, 6) is 1.49. The van der Waals surface area contributed by atoms with E-state index in [1.165, 1.54) is 0 Å². The van der Waals surface area contributed by atoms with E-state index >= 15 is 0 Å². The quantitative estimate of drug-likeness (QED) is 0.876. The number of ether oxygens (including phenoxy) is 1. The molecule has 24 heavy (non-hydrogen) atoms. The highest BCUT2D eigenvalue weighted by atomic mass is 16.5. The van der Waals surface area contributed by atoms with Crippen molar-refractivity contribution in [3.8, 4) is 5.75 Å². The maximum atomic E-state index is 12.7. The van der Waals surface area contributed by atoms with Gasteiger partial charge < -0.3 is 15.4 Å². The number of anilines is 1. The number of likely N-dealkylation sites (tertiary alicyclic amines) is 1. The standard InChI is InChI=1S/C20H24N2O2/c1-15-7-8-17(21)13-19(15)20(23)22-11-9-16(10-12-22)14-24-18-5-3-2-4-6-18/h2-8,13,16H,9-12,14,21H2,1H3. The summed E-state index contributed by atoms with van der Waals surface area (Å²) in [6.45, 7) is 4.21. The second kappa shape index (κ2) is 7.39. The van der Waals surface area contributed by atoms with Crippen molar-refractivity contribution in [3.63, 3.8) is 0 Å². The van der Waals surface area contributed by atoms with E-state index in [1.54, 1.807) is 6.07 Å². The second-order valence-corrected chi connectivity index (χ2v) is 6.43. The number of carbonyl (C=O) groups is 1. The van der Waals surface area contributed by atoms with E-state index in [4.69, 9.17) is 10.5 Å². The molecule has 1 aliphatic heterocycles. The average Bonchev–Trinajstić information content (AvgIpc) is 2.63. The first-order valence-corrected chi connectivity index (χ1v) is 8.47. The smallest absolute Gasteiger partial charge is 0.254 e.